The third-order valence-electron chi connectivity index (χ3n) is 3.15. The number of hydrogen-bond donors (Lipinski definition) is 1. The van der Waals surface area contributed by atoms with Crippen LogP contribution in [-0.2, 0) is 12.6 Å². The van der Waals surface area contributed by atoms with Crippen molar-refractivity contribution >= 4 is 33.7 Å². The smallest absolute Gasteiger partial charge is 0.297 e. The fraction of sp³-hybridized carbons (Fsp3) is 0.125. The van der Waals surface area contributed by atoms with Gasteiger partial charge in [0.1, 0.15) is 0 Å². The standard InChI is InChI=1S/C16H11F3N2OS2/c17-16(18,19)11-4-1-3-10(7-11)8-12-9-20-15(24-12)21-14(22)13-5-2-6-23-13/h1-7,9H,8H2,(H,20,21,22). The summed E-state index contributed by atoms with van der Waals surface area (Å²) in [6.07, 6.45) is -2.46. The lowest BCUT2D eigenvalue weighted by Crippen LogP contribution is -2.09. The maximum Gasteiger partial charge on any atom is 0.416 e. The van der Waals surface area contributed by atoms with Crippen molar-refractivity contribution in [2.75, 3.05) is 5.32 Å². The molecule has 0 radical (unpaired) electrons. The monoisotopic (exact) mass is 368 g/mol. The molecule has 3 aromatic rings. The number of carbonyl (C=O) groups excluding carboxylic acids is 1. The predicted octanol–water partition coefficient (Wildman–Crippen LogP) is 5.07. The summed E-state index contributed by atoms with van der Waals surface area (Å²) in [5.74, 6) is -0.245. The molecular formula is C16H11F3N2OS2. The maximum absolute atomic E-state index is 12.7. The number of alkyl halides is 3. The summed E-state index contributed by atoms with van der Waals surface area (Å²) in [7, 11) is 0. The number of amides is 1. The van der Waals surface area contributed by atoms with E-state index in [0.717, 1.165) is 17.0 Å². The number of rotatable bonds is 4. The zero-order chi connectivity index (χ0) is 17.2. The quantitative estimate of drug-likeness (QED) is 0.699. The molecule has 1 N–H and O–H groups in total. The number of halogens is 3. The van der Waals surface area contributed by atoms with Gasteiger partial charge < -0.3 is 0 Å². The first kappa shape index (κ1) is 16.7. The molecule has 24 heavy (non-hydrogen) atoms. The molecule has 3 nitrogen and oxygen atoms in total. The number of hydrogen-bond acceptors (Lipinski definition) is 4. The van der Waals surface area contributed by atoms with Gasteiger partial charge >= 0.3 is 6.18 Å². The van der Waals surface area contributed by atoms with E-state index in [1.165, 1.54) is 28.7 Å². The van der Waals surface area contributed by atoms with Gasteiger partial charge in [-0.15, -0.1) is 22.7 Å². The van der Waals surface area contributed by atoms with Crippen molar-refractivity contribution in [3.63, 3.8) is 0 Å². The summed E-state index contributed by atoms with van der Waals surface area (Å²) in [5.41, 5.74) is -0.125. The van der Waals surface area contributed by atoms with Crippen LogP contribution in [0.1, 0.15) is 25.7 Å². The molecular weight excluding hydrogens is 357 g/mol. The second-order valence-corrected chi connectivity index (χ2v) is 7.00. The van der Waals surface area contributed by atoms with Crippen molar-refractivity contribution in [3.05, 3.63) is 68.9 Å². The average molecular weight is 368 g/mol. The average Bonchev–Trinajstić information content (AvgIpc) is 3.18. The highest BCUT2D eigenvalue weighted by atomic mass is 32.1. The van der Waals surface area contributed by atoms with Crippen molar-refractivity contribution in [1.29, 1.82) is 0 Å². The third-order valence-corrected chi connectivity index (χ3v) is 4.93. The summed E-state index contributed by atoms with van der Waals surface area (Å²) in [6.45, 7) is 0. The Hall–Kier alpha value is -2.19. The normalized spacial score (nSPS) is 11.5. The molecule has 0 saturated carbocycles. The molecule has 0 bridgehead atoms. The van der Waals surface area contributed by atoms with Gasteiger partial charge in [-0.05, 0) is 23.1 Å². The van der Waals surface area contributed by atoms with Gasteiger partial charge in [0.15, 0.2) is 5.13 Å². The lowest BCUT2D eigenvalue weighted by atomic mass is 10.1. The van der Waals surface area contributed by atoms with Crippen molar-refractivity contribution in [3.8, 4) is 0 Å². The van der Waals surface area contributed by atoms with Crippen LogP contribution in [0.5, 0.6) is 0 Å². The fourth-order valence-corrected chi connectivity index (χ4v) is 3.53. The van der Waals surface area contributed by atoms with Gasteiger partial charge in [-0.2, -0.15) is 13.2 Å². The second-order valence-electron chi connectivity index (χ2n) is 4.94. The molecule has 1 aromatic carbocycles. The van der Waals surface area contributed by atoms with Gasteiger partial charge in [-0.25, -0.2) is 4.98 Å². The summed E-state index contributed by atoms with van der Waals surface area (Å²) in [6, 6.07) is 8.68. The van der Waals surface area contributed by atoms with Crippen LogP contribution in [0.15, 0.2) is 48.0 Å². The van der Waals surface area contributed by atoms with E-state index >= 15 is 0 Å². The molecule has 0 aliphatic rings. The van der Waals surface area contributed by atoms with Crippen LogP contribution in [0.2, 0.25) is 0 Å². The number of benzene rings is 1. The Kier molecular flexibility index (Phi) is 4.68. The van der Waals surface area contributed by atoms with Crippen LogP contribution in [0, 0.1) is 0 Å². The van der Waals surface area contributed by atoms with Crippen molar-refractivity contribution in [1.82, 2.24) is 4.98 Å². The van der Waals surface area contributed by atoms with E-state index in [9.17, 15) is 18.0 Å². The molecule has 0 saturated heterocycles. The Morgan fingerprint density at radius 1 is 1.21 bits per heavy atom. The van der Waals surface area contributed by atoms with Crippen LogP contribution in [0.4, 0.5) is 18.3 Å². The number of carbonyl (C=O) groups is 1. The van der Waals surface area contributed by atoms with Gasteiger partial charge in [0, 0.05) is 17.5 Å². The lowest BCUT2D eigenvalue weighted by Gasteiger charge is -2.07. The summed E-state index contributed by atoms with van der Waals surface area (Å²) < 4.78 is 38.2. The van der Waals surface area contributed by atoms with Gasteiger partial charge in [-0.1, -0.05) is 24.3 Å². The number of nitrogens with one attached hydrogen (secondary N) is 1. The van der Waals surface area contributed by atoms with E-state index in [1.54, 1.807) is 29.8 Å². The van der Waals surface area contributed by atoms with Crippen molar-refractivity contribution in [2.24, 2.45) is 0 Å². The third kappa shape index (κ3) is 4.01. The topological polar surface area (TPSA) is 42.0 Å². The molecule has 0 aliphatic carbocycles. The van der Waals surface area contributed by atoms with Crippen LogP contribution in [0.25, 0.3) is 0 Å². The molecule has 124 valence electrons. The molecule has 0 unspecified atom stereocenters. The number of nitrogens with zero attached hydrogens (tertiary/aromatic N) is 1. The first-order valence-corrected chi connectivity index (χ1v) is 8.57. The molecule has 8 heteroatoms. The highest BCUT2D eigenvalue weighted by Gasteiger charge is 2.30. The Morgan fingerprint density at radius 2 is 2.04 bits per heavy atom. The molecule has 2 heterocycles. The minimum absolute atomic E-state index is 0.245. The number of aromatic nitrogens is 1. The maximum atomic E-state index is 12.7. The van der Waals surface area contributed by atoms with Gasteiger partial charge in [0.2, 0.25) is 0 Å². The minimum atomic E-state index is -4.36. The number of thiophene rings is 1. The molecule has 0 aliphatic heterocycles. The molecule has 0 spiro atoms. The lowest BCUT2D eigenvalue weighted by molar-refractivity contribution is -0.137. The van der Waals surface area contributed by atoms with E-state index in [2.05, 4.69) is 10.3 Å². The van der Waals surface area contributed by atoms with E-state index in [-0.39, 0.29) is 5.91 Å². The predicted molar refractivity (Wildman–Crippen MR) is 88.6 cm³/mol. The zero-order valence-corrected chi connectivity index (χ0v) is 13.8. The van der Waals surface area contributed by atoms with Gasteiger partial charge in [0.25, 0.3) is 5.91 Å². The van der Waals surface area contributed by atoms with Crippen LogP contribution in [0.3, 0.4) is 0 Å². The van der Waals surface area contributed by atoms with E-state index < -0.39 is 11.7 Å². The van der Waals surface area contributed by atoms with Crippen molar-refractivity contribution in [2.45, 2.75) is 12.6 Å². The summed E-state index contributed by atoms with van der Waals surface area (Å²) >= 11 is 2.57. The van der Waals surface area contributed by atoms with E-state index in [1.807, 2.05) is 0 Å². The highest BCUT2D eigenvalue weighted by molar-refractivity contribution is 7.16. The molecule has 3 rings (SSSR count). The Bertz CT molecular complexity index is 841. The van der Waals surface area contributed by atoms with Crippen LogP contribution < -0.4 is 5.32 Å². The van der Waals surface area contributed by atoms with Crippen LogP contribution in [-0.4, -0.2) is 10.9 Å². The first-order chi connectivity index (χ1) is 11.4. The Morgan fingerprint density at radius 3 is 2.75 bits per heavy atom. The molecule has 1 amide bonds. The van der Waals surface area contributed by atoms with Gasteiger partial charge in [0.05, 0.1) is 10.4 Å². The Balaban J connectivity index is 1.69. The minimum Gasteiger partial charge on any atom is -0.297 e. The largest absolute Gasteiger partial charge is 0.416 e. The van der Waals surface area contributed by atoms with Crippen LogP contribution >= 0.6 is 22.7 Å². The number of thiazole rings is 1. The zero-order valence-electron chi connectivity index (χ0n) is 12.1. The molecule has 0 atom stereocenters. The first-order valence-electron chi connectivity index (χ1n) is 6.87. The summed E-state index contributed by atoms with van der Waals surface area (Å²) in [4.78, 5) is 17.4. The highest BCUT2D eigenvalue weighted by Crippen LogP contribution is 2.30. The van der Waals surface area contributed by atoms with E-state index in [4.69, 9.17) is 0 Å². The van der Waals surface area contributed by atoms with E-state index in [0.29, 0.717) is 22.0 Å². The Labute approximate surface area is 143 Å². The molecule has 2 aromatic heterocycles. The summed E-state index contributed by atoms with van der Waals surface area (Å²) in [5, 5.41) is 4.91. The SMILES string of the molecule is O=C(Nc1ncc(Cc2cccc(C(F)(F)F)c2)s1)c1cccs1. The second kappa shape index (κ2) is 6.74. The number of anilines is 1. The molecule has 0 fully saturated rings. The fourth-order valence-electron chi connectivity index (χ4n) is 2.07. The van der Waals surface area contributed by atoms with Gasteiger partial charge in [-0.3, -0.25) is 10.1 Å². The van der Waals surface area contributed by atoms with Crippen molar-refractivity contribution < 1.29 is 18.0 Å².